The summed E-state index contributed by atoms with van der Waals surface area (Å²) >= 11 is 0. The number of amides is 3. The summed E-state index contributed by atoms with van der Waals surface area (Å²) in [7, 11) is 0. The summed E-state index contributed by atoms with van der Waals surface area (Å²) < 4.78 is 0. The van der Waals surface area contributed by atoms with Crippen LogP contribution < -0.4 is 27.1 Å². The zero-order valence-corrected chi connectivity index (χ0v) is 22.2. The molecule has 1 fully saturated rings. The van der Waals surface area contributed by atoms with Crippen LogP contribution >= 0.6 is 0 Å². The van der Waals surface area contributed by atoms with E-state index in [1.54, 1.807) is 0 Å². The Labute approximate surface area is 218 Å². The molecule has 4 atom stereocenters. The molecule has 13 nitrogen and oxygen atoms in total. The first-order chi connectivity index (χ1) is 17.5. The third kappa shape index (κ3) is 13.2. The number of carbonyl (C=O) groups excluding carboxylic acids is 3. The zero-order valence-electron chi connectivity index (χ0n) is 22.2. The van der Waals surface area contributed by atoms with Gasteiger partial charge in [-0.2, -0.15) is 4.91 Å². The number of unbranched alkanes of at least 4 members (excludes halogenated alkanes) is 1. The molecular weight excluding hydrogens is 480 g/mol. The van der Waals surface area contributed by atoms with Crippen LogP contribution in [0.1, 0.15) is 85.0 Å². The van der Waals surface area contributed by atoms with Crippen LogP contribution in [0, 0.1) is 11.8 Å². The average molecular weight is 525 g/mol. The van der Waals surface area contributed by atoms with E-state index in [0.29, 0.717) is 25.8 Å². The van der Waals surface area contributed by atoms with Crippen molar-refractivity contribution in [3.05, 3.63) is 10.4 Å². The maximum atomic E-state index is 13.3. The van der Waals surface area contributed by atoms with Gasteiger partial charge in [0.05, 0.1) is 12.6 Å². The van der Waals surface area contributed by atoms with E-state index in [2.05, 4.69) is 31.5 Å². The fourth-order valence-electron chi connectivity index (χ4n) is 4.43. The average Bonchev–Trinajstić information content (AvgIpc) is 2.84. The van der Waals surface area contributed by atoms with Gasteiger partial charge in [0.15, 0.2) is 0 Å². The molecular formula is C24H44N8O5. The van der Waals surface area contributed by atoms with Crippen LogP contribution in [0.25, 0.3) is 10.4 Å². The van der Waals surface area contributed by atoms with Crippen molar-refractivity contribution in [2.24, 2.45) is 22.8 Å². The molecule has 37 heavy (non-hydrogen) atoms. The fourth-order valence-corrected chi connectivity index (χ4v) is 4.43. The summed E-state index contributed by atoms with van der Waals surface area (Å²) in [5.74, 6) is -2.38. The first kappa shape index (κ1) is 32.0. The highest BCUT2D eigenvalue weighted by Gasteiger charge is 2.31. The normalized spacial score (nSPS) is 17.0. The molecule has 0 unspecified atom stereocenters. The van der Waals surface area contributed by atoms with Gasteiger partial charge in [0.1, 0.15) is 18.1 Å². The van der Waals surface area contributed by atoms with E-state index in [1.807, 2.05) is 13.8 Å². The van der Waals surface area contributed by atoms with Gasteiger partial charge in [0.25, 0.3) is 0 Å². The lowest BCUT2D eigenvalue weighted by atomic mass is 9.84. The molecule has 0 bridgehead atoms. The molecule has 0 aliphatic heterocycles. The van der Waals surface area contributed by atoms with Crippen molar-refractivity contribution in [1.82, 2.24) is 21.4 Å². The van der Waals surface area contributed by atoms with Gasteiger partial charge in [-0.3, -0.25) is 19.8 Å². The number of hydrogen-bond acceptors (Lipinski definition) is 6. The van der Waals surface area contributed by atoms with Gasteiger partial charge in [-0.15, -0.1) is 5.53 Å². The predicted molar refractivity (Wildman–Crippen MR) is 139 cm³/mol. The van der Waals surface area contributed by atoms with E-state index in [4.69, 9.17) is 11.3 Å². The minimum Gasteiger partial charge on any atom is -0.480 e. The van der Waals surface area contributed by atoms with Gasteiger partial charge in [0.2, 0.25) is 17.7 Å². The molecule has 1 aliphatic rings. The van der Waals surface area contributed by atoms with E-state index in [1.165, 1.54) is 6.92 Å². The summed E-state index contributed by atoms with van der Waals surface area (Å²) in [4.78, 5) is 53.1. The molecule has 0 aromatic heterocycles. The molecule has 0 aromatic rings. The molecule has 7 N–H and O–H groups in total. The summed E-state index contributed by atoms with van der Waals surface area (Å²) in [6.45, 7) is 5.63. The van der Waals surface area contributed by atoms with Gasteiger partial charge in [0, 0.05) is 0 Å². The summed E-state index contributed by atoms with van der Waals surface area (Å²) in [5, 5.41) is 20.8. The second-order valence-electron chi connectivity index (χ2n) is 10.3. The van der Waals surface area contributed by atoms with E-state index < -0.39 is 47.9 Å². The van der Waals surface area contributed by atoms with E-state index in [-0.39, 0.29) is 24.7 Å². The van der Waals surface area contributed by atoms with Crippen LogP contribution in [-0.2, 0) is 19.2 Å². The van der Waals surface area contributed by atoms with Crippen LogP contribution in [0.4, 0.5) is 0 Å². The molecule has 1 saturated carbocycles. The number of carboxylic acids is 1. The van der Waals surface area contributed by atoms with Gasteiger partial charge < -0.3 is 26.8 Å². The Morgan fingerprint density at radius 2 is 1.54 bits per heavy atom. The number of rotatable bonds is 17. The third-order valence-electron chi connectivity index (χ3n) is 6.44. The van der Waals surface area contributed by atoms with Gasteiger partial charge in [-0.1, -0.05) is 46.0 Å². The molecule has 0 radical (unpaired) electrons. The van der Waals surface area contributed by atoms with Crippen molar-refractivity contribution < 1.29 is 24.3 Å². The topological polar surface area (TPSA) is 211 Å². The molecule has 0 heterocycles. The van der Waals surface area contributed by atoms with Crippen molar-refractivity contribution in [3.63, 3.8) is 0 Å². The zero-order chi connectivity index (χ0) is 27.8. The van der Waals surface area contributed by atoms with Crippen molar-refractivity contribution in [2.75, 3.05) is 6.54 Å². The van der Waals surface area contributed by atoms with Crippen LogP contribution in [-0.4, -0.2) is 59.5 Å². The molecule has 13 heteroatoms. The van der Waals surface area contributed by atoms with Crippen molar-refractivity contribution in [3.8, 4) is 0 Å². The van der Waals surface area contributed by atoms with Crippen molar-refractivity contribution >= 4 is 23.7 Å². The largest absolute Gasteiger partial charge is 0.480 e. The summed E-state index contributed by atoms with van der Waals surface area (Å²) in [6.07, 6.45) is 7.20. The number of azide groups is 1. The first-order valence-electron chi connectivity index (χ1n) is 13.2. The second-order valence-corrected chi connectivity index (χ2v) is 10.3. The van der Waals surface area contributed by atoms with Gasteiger partial charge in [-0.25, -0.2) is 4.79 Å². The van der Waals surface area contributed by atoms with Gasteiger partial charge in [-0.05, 0) is 56.1 Å². The number of aliphatic carboxylic acids is 1. The third-order valence-corrected chi connectivity index (χ3v) is 6.44. The summed E-state index contributed by atoms with van der Waals surface area (Å²) in [5.41, 5.74) is 16.6. The number of carbonyl (C=O) groups is 4. The van der Waals surface area contributed by atoms with Crippen LogP contribution in [0.5, 0.6) is 0 Å². The Hall–Kier alpha value is -3.05. The smallest absolute Gasteiger partial charge is 0.326 e. The maximum Gasteiger partial charge on any atom is 0.326 e. The lowest BCUT2D eigenvalue weighted by Gasteiger charge is -2.29. The lowest BCUT2D eigenvalue weighted by molar-refractivity contribution is -0.142. The highest BCUT2D eigenvalue weighted by Crippen LogP contribution is 2.27. The highest BCUT2D eigenvalue weighted by molar-refractivity contribution is 5.94. The number of nitrogens with one attached hydrogen (secondary N) is 4. The molecule has 210 valence electrons. The SMILES string of the molecule is CC(C)C[C@H](NC(=O)[C@H](CCCCNN=[N+]=[N-])NC(=O)[C@H](CC1CCCCC1)NC(=O)[C@H](C)N)C(=O)O. The second kappa shape index (κ2) is 17.4. The van der Waals surface area contributed by atoms with Crippen LogP contribution in [0.3, 0.4) is 0 Å². The first-order valence-corrected chi connectivity index (χ1v) is 13.2. The molecule has 0 saturated heterocycles. The monoisotopic (exact) mass is 524 g/mol. The fraction of sp³-hybridized carbons (Fsp3) is 0.833. The number of carboxylic acid groups (broad SMARTS) is 1. The Morgan fingerprint density at radius 1 is 0.946 bits per heavy atom. The van der Waals surface area contributed by atoms with E-state index in [9.17, 15) is 24.3 Å². The molecule has 1 rings (SSSR count). The number of hydrogen-bond donors (Lipinski definition) is 6. The standard InChI is InChI=1S/C24H44N8O5/c1-15(2)13-20(24(36)37)30-22(34)18(11-7-8-12-27-32-31-26)28-23(35)19(29-21(33)16(3)25)14-17-9-5-4-6-10-17/h15-20,27H,4-14,25H2,1-3H3,(H,28,35)(H,29,33)(H,30,34)(H,36,37)/t16-,18-,19-,20-/m0/s1. The predicted octanol–water partition coefficient (Wildman–Crippen LogP) is 1.87. The maximum absolute atomic E-state index is 13.3. The molecule has 3 amide bonds. The van der Waals surface area contributed by atoms with Crippen LogP contribution in [0.15, 0.2) is 5.22 Å². The number of nitrogens with two attached hydrogens (primary N) is 1. The molecule has 1 aliphatic carbocycles. The van der Waals surface area contributed by atoms with E-state index >= 15 is 0 Å². The Bertz CT molecular complexity index is 794. The van der Waals surface area contributed by atoms with Crippen molar-refractivity contribution in [2.45, 2.75) is 109 Å². The quantitative estimate of drug-likeness (QED) is 0.0546. The van der Waals surface area contributed by atoms with Crippen molar-refractivity contribution in [1.29, 1.82) is 0 Å². The Balaban J connectivity index is 2.99. The Morgan fingerprint density at radius 3 is 2.11 bits per heavy atom. The minimum absolute atomic E-state index is 0.0366. The molecule has 0 spiro atoms. The minimum atomic E-state index is -1.15. The lowest BCUT2D eigenvalue weighted by Crippen LogP contribution is -2.57. The van der Waals surface area contributed by atoms with Gasteiger partial charge >= 0.3 is 5.97 Å². The highest BCUT2D eigenvalue weighted by atomic mass is 16.4. The van der Waals surface area contributed by atoms with E-state index in [0.717, 1.165) is 32.1 Å². The van der Waals surface area contributed by atoms with Crippen LogP contribution in [0.2, 0.25) is 0 Å². The molecule has 0 aromatic carbocycles. The Kier molecular flexibility index (Phi) is 15.1. The summed E-state index contributed by atoms with van der Waals surface area (Å²) in [6, 6.07) is -3.73. The number of nitrogens with zero attached hydrogens (tertiary/aromatic N) is 3.